The van der Waals surface area contributed by atoms with Crippen molar-refractivity contribution < 1.29 is 0 Å². The number of terminal acetylenes is 1. The van der Waals surface area contributed by atoms with E-state index in [2.05, 4.69) is 10.8 Å². The molecular formula is C7H9N. The fourth-order valence-corrected chi connectivity index (χ4v) is 1.50. The highest BCUT2D eigenvalue weighted by molar-refractivity contribution is 5.10. The summed E-state index contributed by atoms with van der Waals surface area (Å²) < 4.78 is 0. The first-order valence-electron chi connectivity index (χ1n) is 3.11. The Hall–Kier alpha value is -0.480. The monoisotopic (exact) mass is 107 g/mol. The van der Waals surface area contributed by atoms with E-state index in [1.807, 2.05) is 0 Å². The van der Waals surface area contributed by atoms with Gasteiger partial charge in [-0.1, -0.05) is 0 Å². The lowest BCUT2D eigenvalue weighted by Crippen LogP contribution is -2.31. The zero-order chi connectivity index (χ0) is 5.56. The predicted molar refractivity (Wildman–Crippen MR) is 32.3 cm³/mol. The van der Waals surface area contributed by atoms with Crippen molar-refractivity contribution in [3.8, 4) is 12.3 Å². The third-order valence-electron chi connectivity index (χ3n) is 2.12. The smallest absolute Gasteiger partial charge is 0.0243 e. The van der Waals surface area contributed by atoms with Gasteiger partial charge in [-0.3, -0.25) is 4.90 Å². The molecule has 0 radical (unpaired) electrons. The lowest BCUT2D eigenvalue weighted by atomic mass is 10.0. The molecule has 0 N–H and O–H groups in total. The van der Waals surface area contributed by atoms with E-state index in [-0.39, 0.29) is 0 Å². The summed E-state index contributed by atoms with van der Waals surface area (Å²) in [6.45, 7) is 1.33. The number of fused-ring (bicyclic) bond motifs is 1. The van der Waals surface area contributed by atoms with E-state index in [4.69, 9.17) is 6.42 Å². The fraction of sp³-hybridized carbons (Fsp3) is 0.714. The van der Waals surface area contributed by atoms with E-state index >= 15 is 0 Å². The number of hydrogen-bond acceptors (Lipinski definition) is 1. The molecule has 2 heterocycles. The molecule has 2 aliphatic rings. The maximum Gasteiger partial charge on any atom is 0.0243 e. The molecular weight excluding hydrogens is 98.1 g/mol. The number of hydrogen-bond donors (Lipinski definition) is 0. The van der Waals surface area contributed by atoms with Crippen molar-refractivity contribution in [2.24, 2.45) is 0 Å². The number of rotatable bonds is 1. The maximum absolute atomic E-state index is 5.14. The van der Waals surface area contributed by atoms with Gasteiger partial charge >= 0.3 is 0 Å². The van der Waals surface area contributed by atoms with Crippen molar-refractivity contribution in [1.82, 2.24) is 4.90 Å². The first kappa shape index (κ1) is 4.40. The Kier molecular flexibility index (Phi) is 0.698. The van der Waals surface area contributed by atoms with Crippen LogP contribution in [0.3, 0.4) is 0 Å². The van der Waals surface area contributed by atoms with Crippen LogP contribution in [0.25, 0.3) is 0 Å². The SMILES string of the molecule is C#CCC1CC2CN12. The van der Waals surface area contributed by atoms with Gasteiger partial charge in [-0.15, -0.1) is 12.3 Å². The van der Waals surface area contributed by atoms with Gasteiger partial charge in [-0.2, -0.15) is 0 Å². The zero-order valence-electron chi connectivity index (χ0n) is 4.80. The van der Waals surface area contributed by atoms with Crippen molar-refractivity contribution in [3.63, 3.8) is 0 Å². The van der Waals surface area contributed by atoms with E-state index in [0.29, 0.717) is 0 Å². The molecule has 0 saturated carbocycles. The average Bonchev–Trinajstić information content (AvgIpc) is 2.36. The summed E-state index contributed by atoms with van der Waals surface area (Å²) >= 11 is 0. The molecule has 1 nitrogen and oxygen atoms in total. The highest BCUT2D eigenvalue weighted by Gasteiger charge is 2.49. The van der Waals surface area contributed by atoms with Crippen LogP contribution in [0.2, 0.25) is 0 Å². The van der Waals surface area contributed by atoms with Gasteiger partial charge in [0, 0.05) is 25.0 Å². The fourth-order valence-electron chi connectivity index (χ4n) is 1.50. The predicted octanol–water partition coefficient (Wildman–Crippen LogP) is 0.466. The third kappa shape index (κ3) is 0.413. The minimum atomic E-state index is 0.769. The van der Waals surface area contributed by atoms with Crippen LogP contribution in [-0.4, -0.2) is 23.5 Å². The lowest BCUT2D eigenvalue weighted by molar-refractivity contribution is 0.255. The van der Waals surface area contributed by atoms with Crippen LogP contribution in [0.4, 0.5) is 0 Å². The summed E-state index contributed by atoms with van der Waals surface area (Å²) in [4.78, 5) is 2.46. The van der Waals surface area contributed by atoms with E-state index in [9.17, 15) is 0 Å². The topological polar surface area (TPSA) is 3.01 Å². The van der Waals surface area contributed by atoms with Gasteiger partial charge in [0.05, 0.1) is 0 Å². The van der Waals surface area contributed by atoms with Crippen molar-refractivity contribution >= 4 is 0 Å². The molecule has 0 aromatic heterocycles. The van der Waals surface area contributed by atoms with Crippen molar-refractivity contribution in [2.75, 3.05) is 6.54 Å². The molecule has 0 aromatic rings. The summed E-state index contributed by atoms with van der Waals surface area (Å²) in [5.74, 6) is 2.69. The Balaban J connectivity index is 1.86. The normalized spacial score (nSPS) is 48.6. The van der Waals surface area contributed by atoms with E-state index < -0.39 is 0 Å². The first-order chi connectivity index (χ1) is 3.92. The number of nitrogens with zero attached hydrogens (tertiary/aromatic N) is 1. The maximum atomic E-state index is 5.14. The third-order valence-corrected chi connectivity index (χ3v) is 2.12. The second-order valence-corrected chi connectivity index (χ2v) is 2.65. The molecule has 0 amide bonds. The second kappa shape index (κ2) is 1.27. The van der Waals surface area contributed by atoms with Gasteiger partial charge in [0.25, 0.3) is 0 Å². The van der Waals surface area contributed by atoms with Crippen LogP contribution in [0.15, 0.2) is 0 Å². The van der Waals surface area contributed by atoms with Gasteiger partial charge in [0.2, 0.25) is 0 Å². The van der Waals surface area contributed by atoms with Crippen LogP contribution < -0.4 is 0 Å². The summed E-state index contributed by atoms with van der Waals surface area (Å²) in [7, 11) is 0. The molecule has 3 unspecified atom stereocenters. The van der Waals surface area contributed by atoms with Crippen molar-refractivity contribution in [3.05, 3.63) is 0 Å². The standard InChI is InChI=1S/C7H9N/c1-2-3-6-4-7-5-8(6)7/h1,6-7H,3-5H2. The van der Waals surface area contributed by atoms with Gasteiger partial charge in [0.15, 0.2) is 0 Å². The molecule has 2 fully saturated rings. The second-order valence-electron chi connectivity index (χ2n) is 2.65. The van der Waals surface area contributed by atoms with Gasteiger partial charge in [-0.25, -0.2) is 0 Å². The summed E-state index contributed by atoms with van der Waals surface area (Å²) in [6, 6.07) is 1.72. The first-order valence-corrected chi connectivity index (χ1v) is 3.11. The average molecular weight is 107 g/mol. The van der Waals surface area contributed by atoms with E-state index in [1.165, 1.54) is 13.0 Å². The summed E-state index contributed by atoms with van der Waals surface area (Å²) in [6.07, 6.45) is 7.48. The largest absolute Gasteiger partial charge is 0.294 e. The minimum Gasteiger partial charge on any atom is -0.294 e. The Labute approximate surface area is 49.7 Å². The van der Waals surface area contributed by atoms with E-state index in [1.54, 1.807) is 0 Å². The van der Waals surface area contributed by atoms with Gasteiger partial charge < -0.3 is 0 Å². The molecule has 0 aliphatic carbocycles. The van der Waals surface area contributed by atoms with Crippen LogP contribution in [0.1, 0.15) is 12.8 Å². The quantitative estimate of drug-likeness (QED) is 0.347. The summed E-state index contributed by atoms with van der Waals surface area (Å²) in [5, 5.41) is 0. The summed E-state index contributed by atoms with van der Waals surface area (Å²) in [5.41, 5.74) is 0. The Morgan fingerprint density at radius 2 is 2.62 bits per heavy atom. The molecule has 42 valence electrons. The van der Waals surface area contributed by atoms with Crippen molar-refractivity contribution in [1.29, 1.82) is 0 Å². The minimum absolute atomic E-state index is 0.769. The zero-order valence-corrected chi connectivity index (χ0v) is 4.80. The van der Waals surface area contributed by atoms with Gasteiger partial charge in [0.1, 0.15) is 0 Å². The van der Waals surface area contributed by atoms with Crippen LogP contribution in [-0.2, 0) is 0 Å². The molecule has 2 aliphatic heterocycles. The lowest BCUT2D eigenvalue weighted by Gasteiger charge is -2.24. The highest BCUT2D eigenvalue weighted by Crippen LogP contribution is 2.39. The molecule has 0 aromatic carbocycles. The van der Waals surface area contributed by atoms with Crippen LogP contribution >= 0.6 is 0 Å². The molecule has 1 heteroatoms. The van der Waals surface area contributed by atoms with Crippen molar-refractivity contribution in [2.45, 2.75) is 24.9 Å². The highest BCUT2D eigenvalue weighted by atomic mass is 15.4. The molecule has 2 saturated heterocycles. The molecule has 3 atom stereocenters. The van der Waals surface area contributed by atoms with Gasteiger partial charge in [-0.05, 0) is 6.42 Å². The molecule has 8 heavy (non-hydrogen) atoms. The molecule has 2 rings (SSSR count). The molecule has 0 bridgehead atoms. The molecule has 0 spiro atoms. The Bertz CT molecular complexity index is 145. The Morgan fingerprint density at radius 1 is 1.75 bits per heavy atom. The van der Waals surface area contributed by atoms with E-state index in [0.717, 1.165) is 18.5 Å². The van der Waals surface area contributed by atoms with Crippen LogP contribution in [0.5, 0.6) is 0 Å². The van der Waals surface area contributed by atoms with Crippen LogP contribution in [0, 0.1) is 12.3 Å². The Morgan fingerprint density at radius 3 is 3.00 bits per heavy atom.